The first kappa shape index (κ1) is 15.4. The van der Waals surface area contributed by atoms with Gasteiger partial charge in [0.2, 0.25) is 0 Å². The van der Waals surface area contributed by atoms with E-state index in [1.54, 1.807) is 0 Å². The van der Waals surface area contributed by atoms with Crippen molar-refractivity contribution in [2.75, 3.05) is 6.54 Å². The average Bonchev–Trinajstić information content (AvgIpc) is 2.86. The van der Waals surface area contributed by atoms with Gasteiger partial charge >= 0.3 is 0 Å². The van der Waals surface area contributed by atoms with Crippen molar-refractivity contribution in [3.8, 4) is 0 Å². The van der Waals surface area contributed by atoms with Crippen molar-refractivity contribution < 1.29 is 9.53 Å². The van der Waals surface area contributed by atoms with Crippen molar-refractivity contribution in [1.29, 1.82) is 0 Å². The van der Waals surface area contributed by atoms with Crippen LogP contribution < -0.4 is 0 Å². The van der Waals surface area contributed by atoms with Crippen LogP contribution in [0.25, 0.3) is 0 Å². The number of aromatic amines is 1. The highest BCUT2D eigenvalue weighted by Gasteiger charge is 2.31. The van der Waals surface area contributed by atoms with Gasteiger partial charge in [0, 0.05) is 25.1 Å². The maximum Gasteiger partial charge on any atom is 0.274 e. The van der Waals surface area contributed by atoms with E-state index in [0.29, 0.717) is 12.2 Å². The molecule has 2 aliphatic rings. The van der Waals surface area contributed by atoms with Crippen LogP contribution >= 0.6 is 0 Å². The highest BCUT2D eigenvalue weighted by atomic mass is 16.5. The summed E-state index contributed by atoms with van der Waals surface area (Å²) >= 11 is 0. The third-order valence-electron chi connectivity index (χ3n) is 5.08. The lowest BCUT2D eigenvalue weighted by atomic mass is 9.99. The Labute approximate surface area is 142 Å². The molecule has 0 unspecified atom stereocenters. The molecule has 0 fully saturated rings. The third kappa shape index (κ3) is 2.63. The molecule has 2 aliphatic heterocycles. The molecule has 0 saturated carbocycles. The molecular formula is C19H23N3O2. The van der Waals surface area contributed by atoms with Crippen LogP contribution in [0.5, 0.6) is 0 Å². The lowest BCUT2D eigenvalue weighted by Crippen LogP contribution is -2.32. The SMILES string of the molecule is C[C@@H]1Cc2c(C(=O)N3CCCc4ccccc4C3)n[nH]c2[C@H](C)O1. The lowest BCUT2D eigenvalue weighted by Gasteiger charge is -2.26. The highest BCUT2D eigenvalue weighted by molar-refractivity contribution is 5.94. The van der Waals surface area contributed by atoms with Crippen LogP contribution in [-0.4, -0.2) is 33.7 Å². The number of aromatic nitrogens is 2. The van der Waals surface area contributed by atoms with E-state index in [1.807, 2.05) is 24.8 Å². The van der Waals surface area contributed by atoms with E-state index in [0.717, 1.165) is 37.1 Å². The summed E-state index contributed by atoms with van der Waals surface area (Å²) in [5, 5.41) is 7.38. The van der Waals surface area contributed by atoms with Gasteiger partial charge in [-0.15, -0.1) is 0 Å². The average molecular weight is 325 g/mol. The fraction of sp³-hybridized carbons (Fsp3) is 0.474. The Morgan fingerprint density at radius 1 is 1.29 bits per heavy atom. The van der Waals surface area contributed by atoms with Gasteiger partial charge in [0.1, 0.15) is 0 Å². The number of hydrogen-bond acceptors (Lipinski definition) is 3. The van der Waals surface area contributed by atoms with Crippen LogP contribution in [-0.2, 0) is 24.1 Å². The highest BCUT2D eigenvalue weighted by Crippen LogP contribution is 2.31. The summed E-state index contributed by atoms with van der Waals surface area (Å²) in [4.78, 5) is 15.0. The van der Waals surface area contributed by atoms with Crippen molar-refractivity contribution in [1.82, 2.24) is 15.1 Å². The minimum atomic E-state index is -0.0392. The quantitative estimate of drug-likeness (QED) is 0.877. The van der Waals surface area contributed by atoms with Gasteiger partial charge in [0.25, 0.3) is 5.91 Å². The van der Waals surface area contributed by atoms with E-state index < -0.39 is 0 Å². The van der Waals surface area contributed by atoms with E-state index >= 15 is 0 Å². The number of amides is 1. The first-order valence-corrected chi connectivity index (χ1v) is 8.72. The monoisotopic (exact) mass is 325 g/mol. The summed E-state index contributed by atoms with van der Waals surface area (Å²) in [6.45, 7) is 5.49. The Morgan fingerprint density at radius 3 is 2.92 bits per heavy atom. The van der Waals surface area contributed by atoms with Crippen LogP contribution in [0.3, 0.4) is 0 Å². The van der Waals surface area contributed by atoms with Gasteiger partial charge in [0.05, 0.1) is 17.9 Å². The predicted molar refractivity (Wildman–Crippen MR) is 90.8 cm³/mol. The normalized spacial score (nSPS) is 23.3. The minimum absolute atomic E-state index is 0.0329. The first-order chi connectivity index (χ1) is 11.6. The Hall–Kier alpha value is -2.14. The molecule has 0 radical (unpaired) electrons. The predicted octanol–water partition coefficient (Wildman–Crippen LogP) is 3.02. The number of rotatable bonds is 1. The molecule has 1 aromatic carbocycles. The van der Waals surface area contributed by atoms with Crippen molar-refractivity contribution in [3.63, 3.8) is 0 Å². The second kappa shape index (κ2) is 6.06. The largest absolute Gasteiger partial charge is 0.369 e. The Kier molecular flexibility index (Phi) is 3.88. The molecule has 0 saturated heterocycles. The van der Waals surface area contributed by atoms with Gasteiger partial charge in [-0.25, -0.2) is 0 Å². The number of carbonyl (C=O) groups is 1. The second-order valence-electron chi connectivity index (χ2n) is 6.86. The van der Waals surface area contributed by atoms with E-state index in [-0.39, 0.29) is 18.1 Å². The number of fused-ring (bicyclic) bond motifs is 2. The van der Waals surface area contributed by atoms with Gasteiger partial charge < -0.3 is 9.64 Å². The maximum atomic E-state index is 13.1. The number of aryl methyl sites for hydroxylation is 1. The molecule has 24 heavy (non-hydrogen) atoms. The van der Waals surface area contributed by atoms with Crippen molar-refractivity contribution >= 4 is 5.91 Å². The molecule has 4 rings (SSSR count). The number of carbonyl (C=O) groups excluding carboxylic acids is 1. The summed E-state index contributed by atoms with van der Waals surface area (Å²) in [5.74, 6) is 0.0329. The lowest BCUT2D eigenvalue weighted by molar-refractivity contribution is -0.00702. The fourth-order valence-electron chi connectivity index (χ4n) is 3.87. The smallest absolute Gasteiger partial charge is 0.274 e. The molecular weight excluding hydrogens is 302 g/mol. The maximum absolute atomic E-state index is 13.1. The van der Waals surface area contributed by atoms with Crippen LogP contribution in [0, 0.1) is 0 Å². The zero-order valence-corrected chi connectivity index (χ0v) is 14.2. The number of benzene rings is 1. The number of nitrogens with one attached hydrogen (secondary N) is 1. The summed E-state index contributed by atoms with van der Waals surface area (Å²) < 4.78 is 5.82. The standard InChI is InChI=1S/C19H23N3O2/c1-12-10-16-17(13(2)24-12)20-21-18(16)19(23)22-9-5-8-14-6-3-4-7-15(14)11-22/h3-4,6-7,12-13H,5,8-11H2,1-2H3,(H,20,21)/t12-,13+/m1/s1. The van der Waals surface area contributed by atoms with Crippen molar-refractivity contribution in [3.05, 3.63) is 52.3 Å². The molecule has 0 aliphatic carbocycles. The van der Waals surface area contributed by atoms with Gasteiger partial charge in [-0.2, -0.15) is 5.10 Å². The van der Waals surface area contributed by atoms with Crippen LogP contribution in [0.4, 0.5) is 0 Å². The Balaban J connectivity index is 1.63. The van der Waals surface area contributed by atoms with Gasteiger partial charge in [-0.3, -0.25) is 9.89 Å². The molecule has 1 amide bonds. The van der Waals surface area contributed by atoms with E-state index in [9.17, 15) is 4.79 Å². The van der Waals surface area contributed by atoms with Gasteiger partial charge in [-0.1, -0.05) is 24.3 Å². The summed E-state index contributed by atoms with van der Waals surface area (Å²) in [7, 11) is 0. The van der Waals surface area contributed by atoms with E-state index in [1.165, 1.54) is 11.1 Å². The zero-order valence-electron chi connectivity index (χ0n) is 14.2. The van der Waals surface area contributed by atoms with E-state index in [4.69, 9.17) is 4.74 Å². The zero-order chi connectivity index (χ0) is 16.7. The summed E-state index contributed by atoms with van der Waals surface area (Å²) in [6.07, 6.45) is 2.83. The molecule has 2 aromatic rings. The molecule has 2 atom stereocenters. The van der Waals surface area contributed by atoms with Crippen LogP contribution in [0.1, 0.15) is 59.2 Å². The number of hydrogen-bond donors (Lipinski definition) is 1. The number of ether oxygens (including phenoxy) is 1. The Morgan fingerprint density at radius 2 is 2.08 bits per heavy atom. The van der Waals surface area contributed by atoms with E-state index in [2.05, 4.69) is 28.4 Å². The first-order valence-electron chi connectivity index (χ1n) is 8.72. The van der Waals surface area contributed by atoms with Crippen LogP contribution in [0.2, 0.25) is 0 Å². The molecule has 3 heterocycles. The number of nitrogens with zero attached hydrogens (tertiary/aromatic N) is 2. The van der Waals surface area contributed by atoms with Gasteiger partial charge in [-0.05, 0) is 37.8 Å². The fourth-order valence-corrected chi connectivity index (χ4v) is 3.87. The topological polar surface area (TPSA) is 58.2 Å². The molecule has 5 nitrogen and oxygen atoms in total. The summed E-state index contributed by atoms with van der Waals surface area (Å²) in [5.41, 5.74) is 5.16. The molecule has 0 spiro atoms. The molecule has 126 valence electrons. The minimum Gasteiger partial charge on any atom is -0.369 e. The number of H-pyrrole nitrogens is 1. The van der Waals surface area contributed by atoms with Crippen molar-refractivity contribution in [2.24, 2.45) is 0 Å². The summed E-state index contributed by atoms with van der Waals surface area (Å²) in [6, 6.07) is 8.41. The Bertz CT molecular complexity index is 768. The molecule has 5 heteroatoms. The van der Waals surface area contributed by atoms with Crippen LogP contribution in [0.15, 0.2) is 24.3 Å². The van der Waals surface area contributed by atoms with Crippen molar-refractivity contribution in [2.45, 2.75) is 51.9 Å². The second-order valence-corrected chi connectivity index (χ2v) is 6.86. The molecule has 0 bridgehead atoms. The molecule has 1 N–H and O–H groups in total. The molecule has 1 aromatic heterocycles. The third-order valence-corrected chi connectivity index (χ3v) is 5.08. The van der Waals surface area contributed by atoms with Gasteiger partial charge in [0.15, 0.2) is 5.69 Å².